The van der Waals surface area contributed by atoms with E-state index >= 15 is 0 Å². The molecule has 1 aromatic heterocycles. The highest BCUT2D eigenvalue weighted by Crippen LogP contribution is 2.16. The van der Waals surface area contributed by atoms with Gasteiger partial charge in [-0.1, -0.05) is 20.3 Å². The van der Waals surface area contributed by atoms with Crippen molar-refractivity contribution in [3.63, 3.8) is 0 Å². The van der Waals surface area contributed by atoms with E-state index in [-0.39, 0.29) is 12.0 Å². The van der Waals surface area contributed by atoms with Crippen molar-refractivity contribution in [3.05, 3.63) is 18.2 Å². The molecule has 102 valence electrons. The summed E-state index contributed by atoms with van der Waals surface area (Å²) in [4.78, 5) is 16.2. The summed E-state index contributed by atoms with van der Waals surface area (Å²) in [5, 5.41) is 3.21. The van der Waals surface area contributed by atoms with Gasteiger partial charge in [-0.05, 0) is 19.9 Å². The third kappa shape index (κ3) is 4.14. The molecule has 0 bridgehead atoms. The maximum atomic E-state index is 11.9. The van der Waals surface area contributed by atoms with Crippen molar-refractivity contribution in [2.75, 3.05) is 13.2 Å². The molecule has 0 saturated heterocycles. The van der Waals surface area contributed by atoms with Crippen LogP contribution in [-0.2, 0) is 16.1 Å². The SMILES string of the molecule is CCCC(C(=O)OCC)n1cnc(CNCC)c1. The summed E-state index contributed by atoms with van der Waals surface area (Å²) in [6, 6.07) is -0.252. The van der Waals surface area contributed by atoms with Crippen LogP contribution in [-0.4, -0.2) is 28.7 Å². The number of carbonyl (C=O) groups is 1. The Morgan fingerprint density at radius 1 is 1.50 bits per heavy atom. The van der Waals surface area contributed by atoms with Crippen LogP contribution in [0.1, 0.15) is 45.3 Å². The van der Waals surface area contributed by atoms with E-state index in [9.17, 15) is 4.79 Å². The fraction of sp³-hybridized carbons (Fsp3) is 0.692. The van der Waals surface area contributed by atoms with E-state index in [1.54, 1.807) is 6.33 Å². The number of hydrogen-bond acceptors (Lipinski definition) is 4. The van der Waals surface area contributed by atoms with Gasteiger partial charge in [0, 0.05) is 12.7 Å². The molecule has 18 heavy (non-hydrogen) atoms. The Balaban J connectivity index is 2.72. The van der Waals surface area contributed by atoms with E-state index in [4.69, 9.17) is 4.74 Å². The van der Waals surface area contributed by atoms with Crippen LogP contribution < -0.4 is 5.32 Å². The van der Waals surface area contributed by atoms with Crippen molar-refractivity contribution in [1.29, 1.82) is 0 Å². The van der Waals surface area contributed by atoms with Gasteiger partial charge in [0.05, 0.1) is 18.6 Å². The molecule has 0 saturated carbocycles. The number of nitrogens with zero attached hydrogens (tertiary/aromatic N) is 2. The van der Waals surface area contributed by atoms with Crippen molar-refractivity contribution in [1.82, 2.24) is 14.9 Å². The molecule has 0 aromatic carbocycles. The molecule has 0 amide bonds. The normalized spacial score (nSPS) is 12.4. The molecule has 1 unspecified atom stereocenters. The van der Waals surface area contributed by atoms with Crippen LogP contribution in [0.15, 0.2) is 12.5 Å². The molecule has 1 aromatic rings. The maximum absolute atomic E-state index is 11.9. The number of carbonyl (C=O) groups excluding carboxylic acids is 1. The molecule has 0 aliphatic heterocycles. The summed E-state index contributed by atoms with van der Waals surface area (Å²) in [6.45, 7) is 7.98. The maximum Gasteiger partial charge on any atom is 0.329 e. The first-order chi connectivity index (χ1) is 8.72. The number of ether oxygens (including phenoxy) is 1. The number of imidazole rings is 1. The minimum atomic E-state index is -0.252. The molecule has 5 heteroatoms. The summed E-state index contributed by atoms with van der Waals surface area (Å²) >= 11 is 0. The number of hydrogen-bond donors (Lipinski definition) is 1. The molecule has 5 nitrogen and oxygen atoms in total. The standard InChI is InChI=1S/C13H23N3O2/c1-4-7-12(13(17)18-6-3)16-9-11(15-10-16)8-14-5-2/h9-10,12,14H,4-8H2,1-3H3. The van der Waals surface area contributed by atoms with Crippen LogP contribution in [0.4, 0.5) is 0 Å². The zero-order valence-corrected chi connectivity index (χ0v) is 11.5. The van der Waals surface area contributed by atoms with Gasteiger partial charge in [0.2, 0.25) is 0 Å². The van der Waals surface area contributed by atoms with Gasteiger partial charge in [0.25, 0.3) is 0 Å². The highest BCUT2D eigenvalue weighted by atomic mass is 16.5. The van der Waals surface area contributed by atoms with E-state index in [2.05, 4.69) is 24.1 Å². The first-order valence-electron chi connectivity index (χ1n) is 6.62. The van der Waals surface area contributed by atoms with Crippen molar-refractivity contribution in [2.45, 2.75) is 46.2 Å². The van der Waals surface area contributed by atoms with Crippen LogP contribution in [0.5, 0.6) is 0 Å². The lowest BCUT2D eigenvalue weighted by Gasteiger charge is -2.15. The van der Waals surface area contributed by atoms with E-state index in [0.29, 0.717) is 6.61 Å². The average molecular weight is 253 g/mol. The Labute approximate surface area is 109 Å². The van der Waals surface area contributed by atoms with Gasteiger partial charge in [-0.25, -0.2) is 9.78 Å². The largest absolute Gasteiger partial charge is 0.464 e. The fourth-order valence-corrected chi connectivity index (χ4v) is 1.79. The minimum absolute atomic E-state index is 0.174. The summed E-state index contributed by atoms with van der Waals surface area (Å²) < 4.78 is 6.95. The molecular formula is C13H23N3O2. The minimum Gasteiger partial charge on any atom is -0.464 e. The Morgan fingerprint density at radius 3 is 2.89 bits per heavy atom. The summed E-state index contributed by atoms with van der Waals surface area (Å²) in [5.74, 6) is -0.174. The van der Waals surface area contributed by atoms with Crippen molar-refractivity contribution in [2.24, 2.45) is 0 Å². The van der Waals surface area contributed by atoms with E-state index < -0.39 is 0 Å². The molecular weight excluding hydrogens is 230 g/mol. The number of rotatable bonds is 8. The molecule has 1 atom stereocenters. The molecule has 1 rings (SSSR count). The lowest BCUT2D eigenvalue weighted by atomic mass is 10.1. The number of aromatic nitrogens is 2. The lowest BCUT2D eigenvalue weighted by molar-refractivity contribution is -0.147. The Kier molecular flexibility index (Phi) is 6.43. The van der Waals surface area contributed by atoms with Crippen molar-refractivity contribution in [3.8, 4) is 0 Å². The second-order valence-corrected chi connectivity index (χ2v) is 4.15. The van der Waals surface area contributed by atoms with Gasteiger partial charge >= 0.3 is 5.97 Å². The van der Waals surface area contributed by atoms with Gasteiger partial charge in [0.15, 0.2) is 0 Å². The van der Waals surface area contributed by atoms with Crippen LogP contribution in [0.2, 0.25) is 0 Å². The Morgan fingerprint density at radius 2 is 2.28 bits per heavy atom. The predicted molar refractivity (Wildman–Crippen MR) is 70.2 cm³/mol. The molecule has 1 N–H and O–H groups in total. The van der Waals surface area contributed by atoms with Gasteiger partial charge < -0.3 is 14.6 Å². The zero-order valence-electron chi connectivity index (χ0n) is 11.5. The first kappa shape index (κ1) is 14.7. The molecule has 0 fully saturated rings. The smallest absolute Gasteiger partial charge is 0.329 e. The third-order valence-electron chi connectivity index (χ3n) is 2.69. The van der Waals surface area contributed by atoms with Gasteiger partial charge in [-0.15, -0.1) is 0 Å². The van der Waals surface area contributed by atoms with Crippen LogP contribution in [0.25, 0.3) is 0 Å². The van der Waals surface area contributed by atoms with Crippen molar-refractivity contribution >= 4 is 5.97 Å². The second kappa shape index (κ2) is 7.87. The lowest BCUT2D eigenvalue weighted by Crippen LogP contribution is -2.21. The van der Waals surface area contributed by atoms with Crippen molar-refractivity contribution < 1.29 is 9.53 Å². The van der Waals surface area contributed by atoms with Crippen LogP contribution >= 0.6 is 0 Å². The molecule has 0 aliphatic rings. The number of esters is 1. The van der Waals surface area contributed by atoms with Crippen LogP contribution in [0, 0.1) is 0 Å². The molecule has 1 heterocycles. The predicted octanol–water partition coefficient (Wildman–Crippen LogP) is 1.90. The monoisotopic (exact) mass is 253 g/mol. The molecule has 0 aliphatic carbocycles. The first-order valence-corrected chi connectivity index (χ1v) is 6.62. The summed E-state index contributed by atoms with van der Waals surface area (Å²) in [7, 11) is 0. The van der Waals surface area contributed by atoms with E-state index in [1.165, 1.54) is 0 Å². The van der Waals surface area contributed by atoms with E-state index in [0.717, 1.165) is 31.6 Å². The number of nitrogens with one attached hydrogen (secondary N) is 1. The topological polar surface area (TPSA) is 56.2 Å². The molecule has 0 spiro atoms. The summed E-state index contributed by atoms with van der Waals surface area (Å²) in [5.41, 5.74) is 0.947. The van der Waals surface area contributed by atoms with Crippen LogP contribution in [0.3, 0.4) is 0 Å². The zero-order chi connectivity index (χ0) is 13.4. The van der Waals surface area contributed by atoms with Gasteiger partial charge in [0.1, 0.15) is 6.04 Å². The van der Waals surface area contributed by atoms with E-state index in [1.807, 2.05) is 17.7 Å². The Hall–Kier alpha value is -1.36. The average Bonchev–Trinajstić information content (AvgIpc) is 2.82. The highest BCUT2D eigenvalue weighted by molar-refractivity contribution is 5.74. The van der Waals surface area contributed by atoms with Gasteiger partial charge in [-0.3, -0.25) is 0 Å². The third-order valence-corrected chi connectivity index (χ3v) is 2.69. The fourth-order valence-electron chi connectivity index (χ4n) is 1.79. The van der Waals surface area contributed by atoms with Gasteiger partial charge in [-0.2, -0.15) is 0 Å². The summed E-state index contributed by atoms with van der Waals surface area (Å²) in [6.07, 6.45) is 5.34. The molecule has 0 radical (unpaired) electrons. The highest BCUT2D eigenvalue weighted by Gasteiger charge is 2.20. The Bertz CT molecular complexity index is 363. The quantitative estimate of drug-likeness (QED) is 0.719. The second-order valence-electron chi connectivity index (χ2n) is 4.15.